The van der Waals surface area contributed by atoms with Gasteiger partial charge >= 0.3 is 0 Å². The monoisotopic (exact) mass is 398 g/mol. The average molecular weight is 399 g/mol. The van der Waals surface area contributed by atoms with Crippen LogP contribution in [0.3, 0.4) is 0 Å². The van der Waals surface area contributed by atoms with Crippen LogP contribution in [0, 0.1) is 11.8 Å². The summed E-state index contributed by atoms with van der Waals surface area (Å²) in [6.07, 6.45) is 6.01. The third kappa shape index (κ3) is 5.66. The first kappa shape index (κ1) is 21.5. The van der Waals surface area contributed by atoms with Crippen LogP contribution < -0.4 is 4.90 Å². The summed E-state index contributed by atoms with van der Waals surface area (Å²) < 4.78 is 0. The van der Waals surface area contributed by atoms with Gasteiger partial charge in [-0.2, -0.15) is 0 Å². The van der Waals surface area contributed by atoms with E-state index in [1.807, 2.05) is 23.1 Å². The summed E-state index contributed by atoms with van der Waals surface area (Å²) >= 11 is 0. The summed E-state index contributed by atoms with van der Waals surface area (Å²) in [6, 6.07) is 3.82. The van der Waals surface area contributed by atoms with E-state index in [4.69, 9.17) is 0 Å². The lowest BCUT2D eigenvalue weighted by molar-refractivity contribution is -0.124. The number of piperazine rings is 1. The molecule has 2 fully saturated rings. The first-order chi connectivity index (χ1) is 14.0. The molecule has 0 saturated carbocycles. The van der Waals surface area contributed by atoms with Crippen LogP contribution in [0.1, 0.15) is 43.5 Å². The van der Waals surface area contributed by atoms with E-state index in [0.29, 0.717) is 30.2 Å². The summed E-state index contributed by atoms with van der Waals surface area (Å²) in [7, 11) is 0. The van der Waals surface area contributed by atoms with Crippen molar-refractivity contribution in [1.29, 1.82) is 0 Å². The van der Waals surface area contributed by atoms with Crippen LogP contribution in [-0.2, 0) is 4.79 Å². The topological polar surface area (TPSA) is 56.8 Å². The quantitative estimate of drug-likeness (QED) is 0.661. The summed E-state index contributed by atoms with van der Waals surface area (Å²) in [5, 5.41) is 0. The Hall–Kier alpha value is -2.21. The van der Waals surface area contributed by atoms with Crippen molar-refractivity contribution < 1.29 is 9.59 Å². The van der Waals surface area contributed by atoms with Crippen molar-refractivity contribution in [2.24, 2.45) is 11.8 Å². The number of piperidine rings is 1. The van der Waals surface area contributed by atoms with Gasteiger partial charge in [0.1, 0.15) is 11.6 Å². The molecule has 0 N–H and O–H groups in total. The second kappa shape index (κ2) is 10.0. The number of hydrogen-bond donors (Lipinski definition) is 0. The van der Waals surface area contributed by atoms with Gasteiger partial charge in [0, 0.05) is 64.3 Å². The molecule has 1 aromatic heterocycles. The maximum absolute atomic E-state index is 12.9. The van der Waals surface area contributed by atoms with Crippen LogP contribution in [0.2, 0.25) is 0 Å². The van der Waals surface area contributed by atoms with Gasteiger partial charge in [-0.25, -0.2) is 4.98 Å². The molecule has 158 valence electrons. The fraction of sp³-hybridized carbons (Fsp3) is 0.609. The Kier molecular flexibility index (Phi) is 7.42. The van der Waals surface area contributed by atoms with E-state index < -0.39 is 0 Å². The van der Waals surface area contributed by atoms with Gasteiger partial charge in [-0.1, -0.05) is 19.9 Å². The molecule has 2 aliphatic heterocycles. The smallest absolute Gasteiger partial charge is 0.255 e. The van der Waals surface area contributed by atoms with Crippen LogP contribution in [0.25, 0.3) is 0 Å². The number of nitrogens with zero attached hydrogens (tertiary/aromatic N) is 4. The van der Waals surface area contributed by atoms with Gasteiger partial charge in [0.15, 0.2) is 0 Å². The molecule has 2 saturated heterocycles. The molecule has 1 atom stereocenters. The Labute approximate surface area is 174 Å². The van der Waals surface area contributed by atoms with E-state index in [-0.39, 0.29) is 11.8 Å². The summed E-state index contributed by atoms with van der Waals surface area (Å²) in [5.41, 5.74) is 0.607. The predicted molar refractivity (Wildman–Crippen MR) is 116 cm³/mol. The molecule has 0 unspecified atom stereocenters. The Morgan fingerprint density at radius 1 is 1.21 bits per heavy atom. The number of hydrogen-bond acceptors (Lipinski definition) is 5. The first-order valence-electron chi connectivity index (χ1n) is 10.8. The lowest BCUT2D eigenvalue weighted by Gasteiger charge is -2.35. The Morgan fingerprint density at radius 2 is 1.97 bits per heavy atom. The largest absolute Gasteiger partial charge is 0.354 e. The fourth-order valence-corrected chi connectivity index (χ4v) is 4.22. The molecule has 0 aliphatic carbocycles. The average Bonchev–Trinajstić information content (AvgIpc) is 2.74. The second-order valence-corrected chi connectivity index (χ2v) is 8.64. The van der Waals surface area contributed by atoms with Gasteiger partial charge in [-0.3, -0.25) is 14.5 Å². The van der Waals surface area contributed by atoms with Crippen LogP contribution >= 0.6 is 0 Å². The van der Waals surface area contributed by atoms with Gasteiger partial charge in [0.2, 0.25) is 0 Å². The zero-order valence-corrected chi connectivity index (χ0v) is 17.8. The highest BCUT2D eigenvalue weighted by Crippen LogP contribution is 2.22. The van der Waals surface area contributed by atoms with Crippen LogP contribution in [0.4, 0.5) is 5.82 Å². The number of ketones is 1. The maximum Gasteiger partial charge on any atom is 0.255 e. The van der Waals surface area contributed by atoms with Crippen LogP contribution in [0.5, 0.6) is 0 Å². The number of Topliss-reactive ketones (excluding diaryl/α,β-unsaturated/α-hetero) is 1. The second-order valence-electron chi connectivity index (χ2n) is 8.64. The minimum absolute atomic E-state index is 0.0121. The van der Waals surface area contributed by atoms with Gasteiger partial charge in [0.25, 0.3) is 5.91 Å². The van der Waals surface area contributed by atoms with Crippen molar-refractivity contribution in [3.8, 4) is 0 Å². The minimum atomic E-state index is -0.0193. The molecule has 2 aliphatic rings. The van der Waals surface area contributed by atoms with Gasteiger partial charge in [-0.05, 0) is 30.9 Å². The fourth-order valence-electron chi connectivity index (χ4n) is 4.22. The molecular formula is C23H34N4O2. The summed E-state index contributed by atoms with van der Waals surface area (Å²) in [6.45, 7) is 14.0. The molecule has 0 spiro atoms. The zero-order chi connectivity index (χ0) is 20.8. The number of amides is 1. The first-order valence-corrected chi connectivity index (χ1v) is 10.8. The van der Waals surface area contributed by atoms with E-state index >= 15 is 0 Å². The molecule has 0 bridgehead atoms. The van der Waals surface area contributed by atoms with E-state index in [9.17, 15) is 9.59 Å². The molecule has 3 heterocycles. The molecule has 6 heteroatoms. The highest BCUT2D eigenvalue weighted by atomic mass is 16.2. The van der Waals surface area contributed by atoms with E-state index in [1.54, 1.807) is 6.20 Å². The van der Waals surface area contributed by atoms with Crippen molar-refractivity contribution in [1.82, 2.24) is 14.8 Å². The van der Waals surface area contributed by atoms with Gasteiger partial charge < -0.3 is 9.80 Å². The van der Waals surface area contributed by atoms with E-state index in [0.717, 1.165) is 57.9 Å². The number of likely N-dealkylation sites (tertiary alicyclic amines) is 1. The lowest BCUT2D eigenvalue weighted by atomic mass is 9.89. The molecule has 6 nitrogen and oxygen atoms in total. The van der Waals surface area contributed by atoms with Gasteiger partial charge in [-0.15, -0.1) is 6.58 Å². The summed E-state index contributed by atoms with van der Waals surface area (Å²) in [4.78, 5) is 36.4. The van der Waals surface area contributed by atoms with Crippen molar-refractivity contribution in [2.45, 2.75) is 33.1 Å². The number of rotatable bonds is 7. The van der Waals surface area contributed by atoms with Crippen molar-refractivity contribution in [2.75, 3.05) is 50.7 Å². The minimum Gasteiger partial charge on any atom is -0.354 e. The maximum atomic E-state index is 12.9. The Morgan fingerprint density at radius 3 is 2.59 bits per heavy atom. The normalized spacial score (nSPS) is 20.7. The Bertz CT molecular complexity index is 708. The molecule has 1 aromatic rings. The van der Waals surface area contributed by atoms with Gasteiger partial charge in [0.05, 0.1) is 5.56 Å². The van der Waals surface area contributed by atoms with Crippen molar-refractivity contribution in [3.05, 3.63) is 36.5 Å². The zero-order valence-electron chi connectivity index (χ0n) is 17.8. The van der Waals surface area contributed by atoms with Crippen LogP contribution in [0.15, 0.2) is 31.0 Å². The third-order valence-corrected chi connectivity index (χ3v) is 5.85. The molecule has 29 heavy (non-hydrogen) atoms. The highest BCUT2D eigenvalue weighted by Gasteiger charge is 2.29. The predicted octanol–water partition coefficient (Wildman–Crippen LogP) is 2.86. The lowest BCUT2D eigenvalue weighted by Crippen LogP contribution is -2.46. The standard InChI is InChI=1S/C23H34N4O2/c1-4-9-25-11-13-26(14-12-25)22-8-7-19(16-24-22)23(29)27-10-5-6-20(17-27)21(28)15-18(2)3/h4,7-8,16,18,20H,1,5-6,9-15,17H2,2-3H3/t20-/m0/s1. The Balaban J connectivity index is 1.57. The SMILES string of the molecule is C=CCN1CCN(c2ccc(C(=O)N3CCC[C@H](C(=O)CC(C)C)C3)cn2)CC1. The van der Waals surface area contributed by atoms with E-state index in [2.05, 4.69) is 35.2 Å². The van der Waals surface area contributed by atoms with E-state index in [1.165, 1.54) is 0 Å². The van der Waals surface area contributed by atoms with Crippen molar-refractivity contribution >= 4 is 17.5 Å². The summed E-state index contributed by atoms with van der Waals surface area (Å²) in [5.74, 6) is 1.55. The molecule has 1 amide bonds. The molecule has 3 rings (SSSR count). The number of aromatic nitrogens is 1. The third-order valence-electron chi connectivity index (χ3n) is 5.85. The van der Waals surface area contributed by atoms with Crippen LogP contribution in [-0.4, -0.2) is 72.3 Å². The highest BCUT2D eigenvalue weighted by molar-refractivity contribution is 5.94. The molecular weight excluding hydrogens is 364 g/mol. The number of carbonyl (C=O) groups is 2. The molecule has 0 aromatic carbocycles. The van der Waals surface area contributed by atoms with Crippen molar-refractivity contribution in [3.63, 3.8) is 0 Å². The number of carbonyl (C=O) groups excluding carboxylic acids is 2. The number of anilines is 1. The molecule has 0 radical (unpaired) electrons. The number of pyridine rings is 1.